The lowest BCUT2D eigenvalue weighted by Crippen LogP contribution is -2.47. The van der Waals surface area contributed by atoms with Crippen molar-refractivity contribution in [3.05, 3.63) is 58.4 Å². The molecule has 0 fully saturated rings. The molecule has 0 bridgehead atoms. The second kappa shape index (κ2) is 7.16. The normalized spacial score (nSPS) is 19.6. The fraction of sp³-hybridized carbons (Fsp3) is 0.250. The number of carbonyl (C=O) groups is 1. The van der Waals surface area contributed by atoms with Crippen LogP contribution in [-0.4, -0.2) is 33.4 Å². The smallest absolute Gasteiger partial charge is 0.369 e. The summed E-state index contributed by atoms with van der Waals surface area (Å²) in [4.78, 5) is 21.4. The monoisotopic (exact) mass is 471 g/mol. The quantitative estimate of drug-likeness (QED) is 0.564. The highest BCUT2D eigenvalue weighted by molar-refractivity contribution is 6.29. The minimum Gasteiger partial charge on any atom is -0.369 e. The van der Waals surface area contributed by atoms with E-state index in [-0.39, 0.29) is 23.5 Å². The third-order valence-electron chi connectivity index (χ3n) is 5.38. The number of fused-ring (bicyclic) bond motifs is 1. The lowest BCUT2D eigenvalue weighted by Gasteiger charge is -2.34. The van der Waals surface area contributed by atoms with Gasteiger partial charge < -0.3 is 5.73 Å². The molecular formula is C20H15ClF5N5O. The lowest BCUT2D eigenvalue weighted by molar-refractivity contribution is -0.138. The van der Waals surface area contributed by atoms with Crippen molar-refractivity contribution in [2.75, 3.05) is 7.05 Å². The van der Waals surface area contributed by atoms with E-state index in [1.807, 2.05) is 0 Å². The molecule has 1 aliphatic rings. The topological polar surface area (TPSA) is 76.5 Å². The molecule has 1 amide bonds. The van der Waals surface area contributed by atoms with Gasteiger partial charge in [-0.25, -0.2) is 18.8 Å². The van der Waals surface area contributed by atoms with Gasteiger partial charge in [-0.3, -0.25) is 14.3 Å². The Balaban J connectivity index is 2.01. The first-order valence-corrected chi connectivity index (χ1v) is 9.58. The maximum atomic E-state index is 15.7. The molecule has 1 atom stereocenters. The van der Waals surface area contributed by atoms with E-state index in [0.29, 0.717) is 10.6 Å². The number of aromatic nitrogens is 2. The summed E-state index contributed by atoms with van der Waals surface area (Å²) in [5, 5.41) is -0.500. The molecule has 2 heterocycles. The molecule has 12 heteroatoms. The van der Waals surface area contributed by atoms with Crippen LogP contribution in [0.25, 0.3) is 16.7 Å². The number of guanidine groups is 1. The lowest BCUT2D eigenvalue weighted by atomic mass is 9.87. The first-order chi connectivity index (χ1) is 14.8. The van der Waals surface area contributed by atoms with Gasteiger partial charge in [-0.15, -0.1) is 0 Å². The van der Waals surface area contributed by atoms with E-state index in [4.69, 9.17) is 17.3 Å². The van der Waals surface area contributed by atoms with Crippen LogP contribution in [0.5, 0.6) is 0 Å². The van der Waals surface area contributed by atoms with Crippen LogP contribution < -0.4 is 5.73 Å². The maximum absolute atomic E-state index is 15.7. The third kappa shape index (κ3) is 3.27. The molecule has 0 saturated carbocycles. The number of amides is 1. The fourth-order valence-electron chi connectivity index (χ4n) is 3.78. The maximum Gasteiger partial charge on any atom is 0.421 e. The number of halogens is 6. The summed E-state index contributed by atoms with van der Waals surface area (Å²) in [6.07, 6.45) is -5.32. The van der Waals surface area contributed by atoms with Crippen LogP contribution in [-0.2, 0) is 16.5 Å². The van der Waals surface area contributed by atoms with Gasteiger partial charge in [-0.05, 0) is 36.7 Å². The average Bonchev–Trinajstić information content (AvgIpc) is 3.00. The van der Waals surface area contributed by atoms with Crippen LogP contribution in [0, 0.1) is 11.6 Å². The minimum atomic E-state index is -5.09. The van der Waals surface area contributed by atoms with E-state index in [1.165, 1.54) is 32.2 Å². The highest BCUT2D eigenvalue weighted by Crippen LogP contribution is 2.41. The van der Waals surface area contributed by atoms with E-state index in [1.54, 1.807) is 0 Å². The average molecular weight is 472 g/mol. The largest absolute Gasteiger partial charge is 0.421 e. The van der Waals surface area contributed by atoms with Gasteiger partial charge in [0.1, 0.15) is 11.4 Å². The molecule has 0 radical (unpaired) electrons. The molecule has 0 spiro atoms. The van der Waals surface area contributed by atoms with E-state index in [0.717, 1.165) is 11.0 Å². The number of imidazole rings is 1. The summed E-state index contributed by atoms with van der Waals surface area (Å²) in [5.41, 5.74) is 1.23. The van der Waals surface area contributed by atoms with Crippen molar-refractivity contribution in [1.82, 2.24) is 14.5 Å². The number of nitrogens with zero attached hydrogens (tertiary/aromatic N) is 4. The summed E-state index contributed by atoms with van der Waals surface area (Å²) in [6, 6.07) is 5.51. The molecule has 1 aliphatic heterocycles. The molecule has 0 saturated heterocycles. The molecular weight excluding hydrogens is 457 g/mol. The Morgan fingerprint density at radius 1 is 1.19 bits per heavy atom. The third-order valence-corrected chi connectivity index (χ3v) is 5.64. The van der Waals surface area contributed by atoms with Gasteiger partial charge in [0.2, 0.25) is 11.2 Å². The molecule has 1 aromatic heterocycles. The number of carbonyl (C=O) groups excluding carboxylic acids is 1. The van der Waals surface area contributed by atoms with Crippen molar-refractivity contribution in [3.8, 4) is 5.69 Å². The SMILES string of the molecule is CN1C(=O)C[C@@](C)(c2cccc(-n3c(Cl)nc4ccc(F)c(C(F)(F)F)c43)c2F)N=C1N. The standard InChI is InChI=1S/C20H15ClF5N5O/c1-19(8-13(32)30(2)18(27)29-19)9-4-3-5-12(15(9)23)31-16-11(28-17(31)21)7-6-10(22)14(16)20(24,25)26/h3-7H,8H2,1-2H3,(H2,27,29)/t19-/m0/s1. The Kier molecular flexibility index (Phi) is 4.92. The second-order valence-electron chi connectivity index (χ2n) is 7.52. The van der Waals surface area contributed by atoms with Crippen LogP contribution in [0.1, 0.15) is 24.5 Å². The Bertz CT molecular complexity index is 1300. The van der Waals surface area contributed by atoms with Crippen molar-refractivity contribution >= 4 is 34.5 Å². The zero-order valence-electron chi connectivity index (χ0n) is 16.6. The number of hydrogen-bond acceptors (Lipinski definition) is 4. The van der Waals surface area contributed by atoms with Gasteiger partial charge in [-0.2, -0.15) is 13.2 Å². The van der Waals surface area contributed by atoms with Crippen LogP contribution in [0.4, 0.5) is 22.0 Å². The highest BCUT2D eigenvalue weighted by Gasteiger charge is 2.41. The number of alkyl halides is 3. The molecule has 2 N–H and O–H groups in total. The zero-order chi connectivity index (χ0) is 23.6. The Morgan fingerprint density at radius 2 is 1.88 bits per heavy atom. The van der Waals surface area contributed by atoms with Crippen molar-refractivity contribution in [1.29, 1.82) is 0 Å². The van der Waals surface area contributed by atoms with E-state index in [9.17, 15) is 22.4 Å². The van der Waals surface area contributed by atoms with Gasteiger partial charge >= 0.3 is 6.18 Å². The molecule has 2 aromatic carbocycles. The molecule has 0 aliphatic carbocycles. The number of hydrogen-bond donors (Lipinski definition) is 1. The summed E-state index contributed by atoms with van der Waals surface area (Å²) < 4.78 is 71.6. The van der Waals surface area contributed by atoms with Crippen LogP contribution >= 0.6 is 11.6 Å². The number of aliphatic imine (C=N–C) groups is 1. The first-order valence-electron chi connectivity index (χ1n) is 9.20. The van der Waals surface area contributed by atoms with E-state index < -0.39 is 51.3 Å². The summed E-state index contributed by atoms with van der Waals surface area (Å²) >= 11 is 6.07. The van der Waals surface area contributed by atoms with Crippen LogP contribution in [0.15, 0.2) is 35.3 Å². The van der Waals surface area contributed by atoms with Gasteiger partial charge in [0.15, 0.2) is 11.8 Å². The van der Waals surface area contributed by atoms with Gasteiger partial charge in [0, 0.05) is 12.6 Å². The van der Waals surface area contributed by atoms with E-state index in [2.05, 4.69) is 9.98 Å². The van der Waals surface area contributed by atoms with Crippen molar-refractivity contribution in [2.24, 2.45) is 10.7 Å². The Morgan fingerprint density at radius 3 is 2.50 bits per heavy atom. The van der Waals surface area contributed by atoms with Gasteiger partial charge in [-0.1, -0.05) is 12.1 Å². The van der Waals surface area contributed by atoms with Crippen molar-refractivity contribution < 1.29 is 26.7 Å². The predicted octanol–water partition coefficient (Wildman–Crippen LogP) is 4.37. The second-order valence-corrected chi connectivity index (χ2v) is 7.85. The number of nitrogens with two attached hydrogens (primary N) is 1. The Labute approximate surface area is 183 Å². The fourth-order valence-corrected chi connectivity index (χ4v) is 4.04. The molecule has 32 heavy (non-hydrogen) atoms. The van der Waals surface area contributed by atoms with Crippen molar-refractivity contribution in [2.45, 2.75) is 25.1 Å². The summed E-state index contributed by atoms with van der Waals surface area (Å²) in [6.45, 7) is 1.47. The molecule has 0 unspecified atom stereocenters. The molecule has 4 rings (SSSR count). The van der Waals surface area contributed by atoms with Gasteiger partial charge in [0.05, 0.1) is 28.7 Å². The number of benzene rings is 2. The minimum absolute atomic E-state index is 0.0951. The molecule has 168 valence electrons. The first kappa shape index (κ1) is 22.0. The Hall–Kier alpha value is -3.21. The number of rotatable bonds is 2. The molecule has 3 aromatic rings. The summed E-state index contributed by atoms with van der Waals surface area (Å²) in [5.74, 6) is -3.11. The highest BCUT2D eigenvalue weighted by atomic mass is 35.5. The van der Waals surface area contributed by atoms with Crippen LogP contribution in [0.2, 0.25) is 5.28 Å². The molecule has 6 nitrogen and oxygen atoms in total. The predicted molar refractivity (Wildman–Crippen MR) is 107 cm³/mol. The van der Waals surface area contributed by atoms with E-state index >= 15 is 4.39 Å². The van der Waals surface area contributed by atoms with Gasteiger partial charge in [0.25, 0.3) is 0 Å². The zero-order valence-corrected chi connectivity index (χ0v) is 17.4. The van der Waals surface area contributed by atoms with Crippen molar-refractivity contribution in [3.63, 3.8) is 0 Å². The van der Waals surface area contributed by atoms with Crippen LogP contribution in [0.3, 0.4) is 0 Å². The summed E-state index contributed by atoms with van der Waals surface area (Å²) in [7, 11) is 1.41.